The number of aromatic nitrogens is 4. The van der Waals surface area contributed by atoms with Crippen molar-refractivity contribution in [2.75, 3.05) is 25.0 Å². The summed E-state index contributed by atoms with van der Waals surface area (Å²) < 4.78 is 11.4. The highest BCUT2D eigenvalue weighted by atomic mass is 16.6. The van der Waals surface area contributed by atoms with Crippen molar-refractivity contribution < 1.29 is 19.1 Å². The molecule has 2 aromatic heterocycles. The van der Waals surface area contributed by atoms with E-state index in [0.29, 0.717) is 37.6 Å². The lowest BCUT2D eigenvalue weighted by Crippen LogP contribution is -2.52. The molecule has 1 aromatic carbocycles. The van der Waals surface area contributed by atoms with Crippen LogP contribution >= 0.6 is 0 Å². The van der Waals surface area contributed by atoms with Crippen molar-refractivity contribution in [3.63, 3.8) is 0 Å². The van der Waals surface area contributed by atoms with Gasteiger partial charge in [-0.3, -0.25) is 10.1 Å². The largest absolute Gasteiger partial charge is 0.444 e. The molecule has 3 heterocycles. The topological polar surface area (TPSA) is 126 Å². The zero-order valence-corrected chi connectivity index (χ0v) is 24.8. The van der Waals surface area contributed by atoms with Gasteiger partial charge in [0.1, 0.15) is 23.1 Å². The fourth-order valence-corrected chi connectivity index (χ4v) is 4.57. The van der Waals surface area contributed by atoms with Crippen LogP contribution in [0.1, 0.15) is 66.3 Å². The average Bonchev–Trinajstić information content (AvgIpc) is 3.41. The van der Waals surface area contributed by atoms with E-state index in [4.69, 9.17) is 14.5 Å². The first-order chi connectivity index (χ1) is 19.4. The first-order valence-corrected chi connectivity index (χ1v) is 14.0. The number of piperidine rings is 1. The third-order valence-corrected chi connectivity index (χ3v) is 6.45. The molecular weight excluding hydrogens is 522 g/mol. The third-order valence-electron chi connectivity index (χ3n) is 6.45. The Kier molecular flexibility index (Phi) is 9.14. The number of aromatic amines is 1. The summed E-state index contributed by atoms with van der Waals surface area (Å²) in [5, 5.41) is 11.0. The second-order valence-corrected chi connectivity index (χ2v) is 12.2. The van der Waals surface area contributed by atoms with Gasteiger partial charge < -0.3 is 24.6 Å². The number of rotatable bonds is 7. The predicted molar refractivity (Wildman–Crippen MR) is 156 cm³/mol. The van der Waals surface area contributed by atoms with Crippen molar-refractivity contribution in [1.29, 1.82) is 0 Å². The minimum Gasteiger partial charge on any atom is -0.444 e. The first kappa shape index (κ1) is 29.8. The summed E-state index contributed by atoms with van der Waals surface area (Å²) >= 11 is 0. The van der Waals surface area contributed by atoms with Crippen LogP contribution in [0, 0.1) is 0 Å². The molecule has 2 amide bonds. The van der Waals surface area contributed by atoms with Gasteiger partial charge in [0, 0.05) is 42.8 Å². The van der Waals surface area contributed by atoms with Crippen LogP contribution in [0.15, 0.2) is 54.9 Å². The molecule has 0 spiro atoms. The molecule has 1 unspecified atom stereocenters. The van der Waals surface area contributed by atoms with E-state index in [1.54, 1.807) is 22.2 Å². The molecule has 3 aromatic rings. The number of nitrogens with zero attached hydrogens (tertiary/aromatic N) is 5. The maximum absolute atomic E-state index is 13.6. The fraction of sp³-hybridized carbons (Fsp3) is 0.500. The van der Waals surface area contributed by atoms with Gasteiger partial charge in [-0.05, 0) is 78.6 Å². The molecule has 1 atom stereocenters. The molecule has 1 aliphatic rings. The van der Waals surface area contributed by atoms with Crippen molar-refractivity contribution >= 4 is 17.9 Å². The van der Waals surface area contributed by atoms with E-state index < -0.39 is 23.3 Å². The number of ether oxygens (including phenoxy) is 2. The molecule has 220 valence electrons. The highest BCUT2D eigenvalue weighted by Crippen LogP contribution is 2.27. The third kappa shape index (κ3) is 8.67. The van der Waals surface area contributed by atoms with Gasteiger partial charge in [-0.2, -0.15) is 5.10 Å². The number of pyridine rings is 1. The Balaban J connectivity index is 1.59. The number of benzene rings is 1. The van der Waals surface area contributed by atoms with Crippen LogP contribution in [0.25, 0.3) is 11.4 Å². The Bertz CT molecular complexity index is 1280. The zero-order chi connectivity index (χ0) is 29.6. The average molecular weight is 564 g/mol. The second-order valence-electron chi connectivity index (χ2n) is 12.2. The highest BCUT2D eigenvalue weighted by molar-refractivity contribution is 5.70. The Morgan fingerprint density at radius 3 is 2.24 bits per heavy atom. The summed E-state index contributed by atoms with van der Waals surface area (Å²) in [6, 6.07) is 12.9. The van der Waals surface area contributed by atoms with E-state index in [2.05, 4.69) is 20.5 Å². The smallest absolute Gasteiger partial charge is 0.410 e. The lowest BCUT2D eigenvalue weighted by atomic mass is 10.0. The van der Waals surface area contributed by atoms with E-state index in [9.17, 15) is 9.59 Å². The zero-order valence-electron chi connectivity index (χ0n) is 24.8. The minimum atomic E-state index is -0.671. The monoisotopic (exact) mass is 563 g/mol. The summed E-state index contributed by atoms with van der Waals surface area (Å²) in [4.78, 5) is 38.6. The number of nitrogens with one attached hydrogen (secondary N) is 2. The Labute approximate surface area is 241 Å². The van der Waals surface area contributed by atoms with Crippen molar-refractivity contribution in [2.24, 2.45) is 0 Å². The molecule has 0 radical (unpaired) electrons. The molecule has 11 heteroatoms. The molecule has 0 aliphatic carbocycles. The predicted octanol–water partition coefficient (Wildman–Crippen LogP) is 5.66. The van der Waals surface area contributed by atoms with E-state index in [-0.39, 0.29) is 18.7 Å². The standard InChI is InChI=1S/C30H41N7O4/c1-29(2,3)40-27(38)36-18-14-23(15-19-36)37(28(39)41-30(4,5)6)20-24(32-22-10-8-7-9-11-22)26-33-25(34-35-26)21-12-16-31-17-13-21/h7-13,16-17,23-24,32H,14-15,18-20H2,1-6H3,(H,33,34,35). The number of carbonyl (C=O) groups is 2. The number of anilines is 1. The Hall–Kier alpha value is -4.15. The summed E-state index contributed by atoms with van der Waals surface area (Å²) in [6.07, 6.45) is 3.82. The van der Waals surface area contributed by atoms with E-state index >= 15 is 0 Å². The summed E-state index contributed by atoms with van der Waals surface area (Å²) in [5.41, 5.74) is 0.469. The number of H-pyrrole nitrogens is 1. The molecule has 41 heavy (non-hydrogen) atoms. The number of hydrogen-bond acceptors (Lipinski definition) is 8. The van der Waals surface area contributed by atoms with Crippen LogP contribution in [-0.2, 0) is 9.47 Å². The molecule has 0 saturated carbocycles. The van der Waals surface area contributed by atoms with Crippen molar-refractivity contribution in [1.82, 2.24) is 30.0 Å². The Morgan fingerprint density at radius 2 is 1.63 bits per heavy atom. The van der Waals surface area contributed by atoms with Gasteiger partial charge in [0.2, 0.25) is 0 Å². The first-order valence-electron chi connectivity index (χ1n) is 14.0. The van der Waals surface area contributed by atoms with Crippen LogP contribution in [0.3, 0.4) is 0 Å². The molecule has 0 bridgehead atoms. The van der Waals surface area contributed by atoms with E-state index in [1.165, 1.54) is 0 Å². The number of amides is 2. The lowest BCUT2D eigenvalue weighted by molar-refractivity contribution is -0.000462. The van der Waals surface area contributed by atoms with E-state index in [0.717, 1.165) is 11.3 Å². The minimum absolute atomic E-state index is 0.147. The van der Waals surface area contributed by atoms with Gasteiger partial charge >= 0.3 is 12.2 Å². The summed E-state index contributed by atoms with van der Waals surface area (Å²) in [5.74, 6) is 1.12. The van der Waals surface area contributed by atoms with Crippen molar-refractivity contribution in [2.45, 2.75) is 77.7 Å². The summed E-state index contributed by atoms with van der Waals surface area (Å²) in [7, 11) is 0. The molecule has 1 fully saturated rings. The maximum atomic E-state index is 13.6. The van der Waals surface area contributed by atoms with Crippen molar-refractivity contribution in [3.8, 4) is 11.4 Å². The quantitative estimate of drug-likeness (QED) is 0.377. The van der Waals surface area contributed by atoms with Gasteiger partial charge in [-0.15, -0.1) is 0 Å². The van der Waals surface area contributed by atoms with Crippen LogP contribution in [0.2, 0.25) is 0 Å². The molecule has 4 rings (SSSR count). The molecule has 1 aliphatic heterocycles. The van der Waals surface area contributed by atoms with Crippen LogP contribution in [0.5, 0.6) is 0 Å². The number of hydrogen-bond donors (Lipinski definition) is 2. The highest BCUT2D eigenvalue weighted by Gasteiger charge is 2.35. The van der Waals surface area contributed by atoms with E-state index in [1.807, 2.05) is 84.0 Å². The molecule has 2 N–H and O–H groups in total. The SMILES string of the molecule is CC(C)(C)OC(=O)N1CCC(N(CC(Nc2ccccc2)c2nc(-c3ccncc3)n[nH]2)C(=O)OC(C)(C)C)CC1. The maximum Gasteiger partial charge on any atom is 0.410 e. The normalized spacial score (nSPS) is 15.2. The van der Waals surface area contributed by atoms with Gasteiger partial charge in [0.25, 0.3) is 0 Å². The molecular formula is C30H41N7O4. The molecule has 1 saturated heterocycles. The lowest BCUT2D eigenvalue weighted by Gasteiger charge is -2.40. The number of carbonyl (C=O) groups excluding carboxylic acids is 2. The fourth-order valence-electron chi connectivity index (χ4n) is 4.57. The number of likely N-dealkylation sites (tertiary alicyclic amines) is 1. The van der Waals surface area contributed by atoms with Gasteiger partial charge in [-0.25, -0.2) is 14.6 Å². The molecule has 11 nitrogen and oxygen atoms in total. The van der Waals surface area contributed by atoms with Crippen LogP contribution < -0.4 is 5.32 Å². The summed E-state index contributed by atoms with van der Waals surface area (Å²) in [6.45, 7) is 12.3. The second kappa shape index (κ2) is 12.6. The van der Waals surface area contributed by atoms with Gasteiger partial charge in [0.15, 0.2) is 5.82 Å². The Morgan fingerprint density at radius 1 is 1.00 bits per heavy atom. The van der Waals surface area contributed by atoms with Crippen LogP contribution in [-0.4, -0.2) is 79.0 Å². The number of para-hydroxylation sites is 1. The van der Waals surface area contributed by atoms with Gasteiger partial charge in [-0.1, -0.05) is 18.2 Å². The van der Waals surface area contributed by atoms with Crippen molar-refractivity contribution in [3.05, 3.63) is 60.7 Å². The van der Waals surface area contributed by atoms with Crippen LogP contribution in [0.4, 0.5) is 15.3 Å². The van der Waals surface area contributed by atoms with Gasteiger partial charge in [0.05, 0.1) is 6.54 Å².